The first-order chi connectivity index (χ1) is 9.94. The van der Waals surface area contributed by atoms with Gasteiger partial charge in [-0.05, 0) is 19.3 Å². The number of unbranched alkanes of at least 4 members (excludes halogenated alkanes) is 1. The molecule has 0 spiro atoms. The van der Waals surface area contributed by atoms with Gasteiger partial charge in [-0.3, -0.25) is 23.8 Å². The monoisotopic (exact) mass is 331 g/mol. The van der Waals surface area contributed by atoms with E-state index in [-0.39, 0.29) is 13.0 Å². The Morgan fingerprint density at radius 2 is 1.68 bits per heavy atom. The van der Waals surface area contributed by atoms with Crippen LogP contribution in [0.25, 0.3) is 0 Å². The maximum absolute atomic E-state index is 12.1. The highest BCUT2D eigenvalue weighted by Crippen LogP contribution is 2.23. The number of amides is 2. The average Bonchev–Trinajstić information content (AvgIpc) is 2.66. The molecule has 2 amide bonds. The summed E-state index contributed by atoms with van der Waals surface area (Å²) in [7, 11) is -4.48. The molecule has 22 heavy (non-hydrogen) atoms. The van der Waals surface area contributed by atoms with Crippen LogP contribution in [-0.4, -0.2) is 47.3 Å². The maximum Gasteiger partial charge on any atom is 0.275 e. The topological polar surface area (TPSA) is 109 Å². The second kappa shape index (κ2) is 6.70. The maximum atomic E-state index is 12.1. The van der Waals surface area contributed by atoms with Gasteiger partial charge < -0.3 is 0 Å². The first-order valence-corrected chi connectivity index (χ1v) is 8.49. The van der Waals surface area contributed by atoms with Crippen LogP contribution in [0.2, 0.25) is 0 Å². The predicted molar refractivity (Wildman–Crippen MR) is 79.5 cm³/mol. The molecule has 0 aliphatic carbocycles. The van der Waals surface area contributed by atoms with Gasteiger partial charge in [0.2, 0.25) is 0 Å². The van der Waals surface area contributed by atoms with Crippen LogP contribution in [0.5, 0.6) is 0 Å². The molecule has 8 heteroatoms. The van der Waals surface area contributed by atoms with Gasteiger partial charge >= 0.3 is 0 Å². The van der Waals surface area contributed by atoms with Crippen molar-refractivity contribution in [2.24, 2.45) is 5.41 Å². The minimum Gasteiger partial charge on any atom is -0.298 e. The Labute approximate surface area is 130 Å². The van der Waals surface area contributed by atoms with Gasteiger partial charge in [0, 0.05) is 24.1 Å². The third-order valence-electron chi connectivity index (χ3n) is 3.39. The van der Waals surface area contributed by atoms with Crippen molar-refractivity contribution in [1.29, 1.82) is 0 Å². The molecule has 124 valence electrons. The van der Waals surface area contributed by atoms with Crippen LogP contribution >= 0.6 is 0 Å². The summed E-state index contributed by atoms with van der Waals surface area (Å²) < 4.78 is 32.0. The fourth-order valence-corrected chi connectivity index (χ4v) is 3.24. The predicted octanol–water partition coefficient (Wildman–Crippen LogP) is 0.953. The molecular weight excluding hydrogens is 310 g/mol. The fourth-order valence-electron chi connectivity index (χ4n) is 2.15. The van der Waals surface area contributed by atoms with Gasteiger partial charge in [-0.15, -0.1) is 0 Å². The number of rotatable bonds is 7. The molecule has 0 aromatic heterocycles. The lowest BCUT2D eigenvalue weighted by molar-refractivity contribution is -0.137. The Morgan fingerprint density at radius 3 is 2.09 bits per heavy atom. The van der Waals surface area contributed by atoms with Crippen molar-refractivity contribution >= 4 is 27.7 Å². The Balaban J connectivity index is 2.57. The Bertz CT molecular complexity index is 581. The second-order valence-corrected chi connectivity index (χ2v) is 7.87. The molecule has 1 atom stereocenters. The lowest BCUT2D eigenvalue weighted by atomic mass is 9.87. The van der Waals surface area contributed by atoms with Crippen LogP contribution < -0.4 is 0 Å². The molecule has 1 rings (SSSR count). The zero-order valence-electron chi connectivity index (χ0n) is 12.9. The zero-order valence-corrected chi connectivity index (χ0v) is 13.7. The minimum atomic E-state index is -4.48. The lowest BCUT2D eigenvalue weighted by Crippen LogP contribution is -2.38. The molecule has 7 nitrogen and oxygen atoms in total. The van der Waals surface area contributed by atoms with Gasteiger partial charge in [0.1, 0.15) is 5.25 Å². The van der Waals surface area contributed by atoms with Gasteiger partial charge in [-0.25, -0.2) is 0 Å². The largest absolute Gasteiger partial charge is 0.298 e. The van der Waals surface area contributed by atoms with E-state index in [1.165, 1.54) is 12.2 Å². The molecule has 1 unspecified atom stereocenters. The van der Waals surface area contributed by atoms with Crippen molar-refractivity contribution in [3.63, 3.8) is 0 Å². The second-order valence-electron chi connectivity index (χ2n) is 6.28. The van der Waals surface area contributed by atoms with E-state index in [0.717, 1.165) is 4.90 Å². The molecule has 0 bridgehead atoms. The van der Waals surface area contributed by atoms with Gasteiger partial charge in [0.25, 0.3) is 21.9 Å². The molecule has 0 saturated heterocycles. The highest BCUT2D eigenvalue weighted by Gasteiger charge is 2.37. The number of hydrogen-bond acceptors (Lipinski definition) is 5. The van der Waals surface area contributed by atoms with Crippen LogP contribution in [0.15, 0.2) is 12.2 Å². The number of nitrogens with zero attached hydrogens (tertiary/aromatic N) is 1. The first-order valence-electron chi connectivity index (χ1n) is 6.99. The molecule has 0 fully saturated rings. The van der Waals surface area contributed by atoms with Crippen molar-refractivity contribution in [2.45, 2.75) is 45.3 Å². The normalized spacial score (nSPS) is 17.2. The van der Waals surface area contributed by atoms with Crippen molar-refractivity contribution in [1.82, 2.24) is 4.90 Å². The van der Waals surface area contributed by atoms with Gasteiger partial charge in [0.15, 0.2) is 5.78 Å². The van der Waals surface area contributed by atoms with Crippen LogP contribution in [0.4, 0.5) is 0 Å². The van der Waals surface area contributed by atoms with Gasteiger partial charge in [-0.1, -0.05) is 20.8 Å². The highest BCUT2D eigenvalue weighted by molar-refractivity contribution is 7.87. The SMILES string of the molecule is CC(C)(C)C(=O)C(CCCCN1C(=O)C=CC1=O)S(=O)(=O)O. The number of ketones is 1. The van der Waals surface area contributed by atoms with Crippen LogP contribution in [0.1, 0.15) is 40.0 Å². The molecule has 0 radical (unpaired) electrons. The smallest absolute Gasteiger partial charge is 0.275 e. The lowest BCUT2D eigenvalue weighted by Gasteiger charge is -2.22. The number of hydrogen-bond donors (Lipinski definition) is 1. The van der Waals surface area contributed by atoms with Crippen LogP contribution in [0.3, 0.4) is 0 Å². The molecular formula is C14H21NO6S. The molecule has 0 aromatic carbocycles. The Hall–Kier alpha value is -1.54. The molecule has 1 N–H and O–H groups in total. The first kappa shape index (κ1) is 18.5. The van der Waals surface area contributed by atoms with Crippen molar-refractivity contribution in [2.75, 3.05) is 6.54 Å². The molecule has 0 saturated carbocycles. The third kappa shape index (κ3) is 4.74. The van der Waals surface area contributed by atoms with Crippen LogP contribution in [0, 0.1) is 5.41 Å². The molecule has 1 aliphatic heterocycles. The van der Waals surface area contributed by atoms with Gasteiger partial charge in [0.05, 0.1) is 0 Å². The minimum absolute atomic E-state index is 0.0431. The summed E-state index contributed by atoms with van der Waals surface area (Å²) in [5.41, 5.74) is -0.884. The summed E-state index contributed by atoms with van der Waals surface area (Å²) in [6.45, 7) is 4.91. The Morgan fingerprint density at radius 1 is 1.18 bits per heavy atom. The van der Waals surface area contributed by atoms with E-state index in [4.69, 9.17) is 0 Å². The summed E-state index contributed by atoms with van der Waals surface area (Å²) in [6, 6.07) is 0. The van der Waals surface area contributed by atoms with Crippen molar-refractivity contribution in [3.8, 4) is 0 Å². The quantitative estimate of drug-likeness (QED) is 0.423. The summed E-state index contributed by atoms with van der Waals surface area (Å²) in [5, 5.41) is -1.48. The number of carbonyl (C=O) groups is 3. The zero-order chi connectivity index (χ0) is 17.1. The van der Waals surface area contributed by atoms with E-state index in [9.17, 15) is 27.4 Å². The highest BCUT2D eigenvalue weighted by atomic mass is 32.2. The standard InChI is InChI=1S/C14H21NO6S/c1-14(2,3)13(18)10(22(19,20)21)6-4-5-9-15-11(16)7-8-12(15)17/h7-8,10H,4-6,9H2,1-3H3,(H,19,20,21). The van der Waals surface area contributed by atoms with E-state index in [1.807, 2.05) is 0 Å². The van der Waals surface area contributed by atoms with Crippen LogP contribution in [-0.2, 0) is 24.5 Å². The number of Topliss-reactive ketones (excluding diaryl/α,β-unsaturated/α-hetero) is 1. The number of imide groups is 1. The summed E-state index contributed by atoms with van der Waals surface area (Å²) in [4.78, 5) is 35.8. The molecule has 0 aromatic rings. The van der Waals surface area contributed by atoms with Crippen molar-refractivity contribution in [3.05, 3.63) is 12.2 Å². The summed E-state index contributed by atoms with van der Waals surface area (Å²) >= 11 is 0. The summed E-state index contributed by atoms with van der Waals surface area (Å²) in [5.74, 6) is -1.35. The van der Waals surface area contributed by atoms with E-state index >= 15 is 0 Å². The van der Waals surface area contributed by atoms with E-state index < -0.39 is 38.4 Å². The summed E-state index contributed by atoms with van der Waals surface area (Å²) in [6.07, 6.45) is 2.96. The number of carbonyl (C=O) groups excluding carboxylic acids is 3. The Kier molecular flexibility index (Phi) is 5.64. The average molecular weight is 331 g/mol. The van der Waals surface area contributed by atoms with Gasteiger partial charge in [-0.2, -0.15) is 8.42 Å². The van der Waals surface area contributed by atoms with E-state index in [0.29, 0.717) is 12.8 Å². The van der Waals surface area contributed by atoms with E-state index in [1.54, 1.807) is 20.8 Å². The van der Waals surface area contributed by atoms with E-state index in [2.05, 4.69) is 0 Å². The molecule has 1 heterocycles. The fraction of sp³-hybridized carbons (Fsp3) is 0.643. The molecule has 1 aliphatic rings. The van der Waals surface area contributed by atoms with Crippen molar-refractivity contribution < 1.29 is 27.4 Å². The third-order valence-corrected chi connectivity index (χ3v) is 4.56.